The van der Waals surface area contributed by atoms with Crippen molar-refractivity contribution >= 4 is 73.1 Å². The molecule has 388 valence electrons. The van der Waals surface area contributed by atoms with E-state index >= 15 is 4.79 Å². The first-order valence-electron chi connectivity index (χ1n) is 24.9. The minimum atomic E-state index is -4.51. The SMILES string of the molecule is CC[C@@H]1C[C@]1(NC(=O)C1C[C@@H](Oc2cc(-c3csc(NC(C)C)n3)nc3c(Cl)c(OCCN4CCOCC4)ccc23)CN1C(=O)[C@@H](NC(=O)O[C@@H]1C[C@@H]2C[C@@H]2C1)C(C)(C)C)C(=O)NS(=O)(=O)OC1(C)CC1. The zero-order valence-electron chi connectivity index (χ0n) is 41.5. The third-order valence-corrected chi connectivity index (χ3v) is 16.8. The predicted molar refractivity (Wildman–Crippen MR) is 266 cm³/mol. The Labute approximate surface area is 424 Å². The van der Waals surface area contributed by atoms with Crippen LogP contribution in [0.1, 0.15) is 99.8 Å². The summed E-state index contributed by atoms with van der Waals surface area (Å²) in [6.07, 6.45) is 2.60. The molecule has 1 aromatic carbocycles. The van der Waals surface area contributed by atoms with Crippen molar-refractivity contribution in [2.45, 2.75) is 141 Å². The molecule has 4 N–H and O–H groups in total. The summed E-state index contributed by atoms with van der Waals surface area (Å²) in [5.74, 6) is -0.615. The van der Waals surface area contributed by atoms with Crippen molar-refractivity contribution in [3.8, 4) is 22.9 Å². The van der Waals surface area contributed by atoms with Crippen molar-refractivity contribution in [3.63, 3.8) is 0 Å². The lowest BCUT2D eigenvalue weighted by Gasteiger charge is -2.35. The molecule has 19 nitrogen and oxygen atoms in total. The maximum atomic E-state index is 15.1. The van der Waals surface area contributed by atoms with Gasteiger partial charge in [-0.3, -0.25) is 19.3 Å². The van der Waals surface area contributed by atoms with E-state index in [4.69, 9.17) is 44.7 Å². The number of anilines is 1. The summed E-state index contributed by atoms with van der Waals surface area (Å²) in [6.45, 7) is 16.9. The van der Waals surface area contributed by atoms with Crippen LogP contribution in [0.5, 0.6) is 11.5 Å². The number of ether oxygens (including phenoxy) is 4. The first kappa shape index (κ1) is 51.4. The van der Waals surface area contributed by atoms with Gasteiger partial charge in [0.05, 0.1) is 36.6 Å². The van der Waals surface area contributed by atoms with E-state index in [1.165, 1.54) is 16.2 Å². The number of benzene rings is 1. The number of hydrogen-bond acceptors (Lipinski definition) is 16. The summed E-state index contributed by atoms with van der Waals surface area (Å²) >= 11 is 8.58. The lowest BCUT2D eigenvalue weighted by Crippen LogP contribution is -2.60. The van der Waals surface area contributed by atoms with Crippen LogP contribution >= 0.6 is 22.9 Å². The van der Waals surface area contributed by atoms with Crippen molar-refractivity contribution < 1.29 is 50.7 Å². The second kappa shape index (κ2) is 20.1. The molecule has 3 aromatic rings. The second-order valence-corrected chi connectivity index (χ2v) is 24.3. The zero-order chi connectivity index (χ0) is 50.6. The second-order valence-electron chi connectivity index (χ2n) is 21.8. The van der Waals surface area contributed by atoms with Crippen LogP contribution in [0.2, 0.25) is 5.02 Å². The number of pyridine rings is 1. The summed E-state index contributed by atoms with van der Waals surface area (Å²) in [4.78, 5) is 70.8. The number of fused-ring (bicyclic) bond motifs is 2. The summed E-state index contributed by atoms with van der Waals surface area (Å²) in [7, 11) is -4.51. The maximum Gasteiger partial charge on any atom is 0.408 e. The van der Waals surface area contributed by atoms with Crippen LogP contribution in [0.25, 0.3) is 22.3 Å². The molecule has 9 rings (SSSR count). The molecule has 4 amide bonds. The fraction of sp³-hybridized carbons (Fsp3) is 0.673. The largest absolute Gasteiger partial charge is 0.491 e. The molecule has 0 spiro atoms. The Balaban J connectivity index is 1.02. The number of hydrogen-bond donors (Lipinski definition) is 4. The van der Waals surface area contributed by atoms with Gasteiger partial charge in [0.15, 0.2) is 5.13 Å². The molecule has 2 aliphatic heterocycles. The molecule has 1 unspecified atom stereocenters. The van der Waals surface area contributed by atoms with Gasteiger partial charge in [-0.25, -0.2) is 23.7 Å². The van der Waals surface area contributed by atoms with Crippen LogP contribution in [0.4, 0.5) is 9.93 Å². The topological polar surface area (TPSA) is 229 Å². The molecule has 0 radical (unpaired) electrons. The number of halogens is 1. The van der Waals surface area contributed by atoms with Crippen LogP contribution in [-0.2, 0) is 38.3 Å². The quantitative estimate of drug-likeness (QED) is 0.107. The summed E-state index contributed by atoms with van der Waals surface area (Å²) in [6, 6.07) is 3.11. The molecule has 4 heterocycles. The number of nitrogens with one attached hydrogen (secondary N) is 4. The van der Waals surface area contributed by atoms with E-state index in [1.807, 2.05) is 53.0 Å². The number of carbonyl (C=O) groups is 4. The average molecular weight is 1040 g/mol. The first-order valence-corrected chi connectivity index (χ1v) is 27.6. The highest BCUT2D eigenvalue weighted by molar-refractivity contribution is 7.85. The number of alkyl carbamates (subject to hydrolysis) is 1. The molecule has 71 heavy (non-hydrogen) atoms. The molecule has 22 heteroatoms. The van der Waals surface area contributed by atoms with Gasteiger partial charge in [-0.05, 0) is 94.6 Å². The Bertz CT molecular complexity index is 2630. The minimum absolute atomic E-state index is 0.0350. The van der Waals surface area contributed by atoms with Crippen molar-refractivity contribution in [1.29, 1.82) is 0 Å². The van der Waals surface area contributed by atoms with Crippen molar-refractivity contribution in [2.75, 3.05) is 51.3 Å². The molecule has 0 bridgehead atoms. The predicted octanol–water partition coefficient (Wildman–Crippen LogP) is 6.05. The maximum absolute atomic E-state index is 15.1. The van der Waals surface area contributed by atoms with Crippen LogP contribution in [0.15, 0.2) is 23.6 Å². The molecule has 2 aromatic heterocycles. The summed E-state index contributed by atoms with van der Waals surface area (Å²) < 4.78 is 57.8. The van der Waals surface area contributed by atoms with Gasteiger partial charge in [0.1, 0.15) is 58.7 Å². The number of amides is 4. The van der Waals surface area contributed by atoms with Crippen molar-refractivity contribution in [3.05, 3.63) is 28.6 Å². The number of rotatable bonds is 19. The van der Waals surface area contributed by atoms with Gasteiger partial charge in [-0.15, -0.1) is 11.3 Å². The summed E-state index contributed by atoms with van der Waals surface area (Å²) in [5, 5.41) is 12.5. The van der Waals surface area contributed by atoms with E-state index in [2.05, 4.69) is 25.6 Å². The van der Waals surface area contributed by atoms with Crippen LogP contribution in [-0.4, -0.2) is 139 Å². The molecule has 6 fully saturated rings. The third kappa shape index (κ3) is 11.8. The molecule has 4 aliphatic carbocycles. The van der Waals surface area contributed by atoms with Gasteiger partial charge >= 0.3 is 16.4 Å². The van der Waals surface area contributed by atoms with Crippen molar-refractivity contribution in [2.24, 2.45) is 23.2 Å². The number of aromatic nitrogens is 2. The highest BCUT2D eigenvalue weighted by Crippen LogP contribution is 2.53. The van der Waals surface area contributed by atoms with E-state index in [1.54, 1.807) is 19.1 Å². The van der Waals surface area contributed by atoms with Gasteiger partial charge in [-0.2, -0.15) is 8.42 Å². The van der Waals surface area contributed by atoms with E-state index in [9.17, 15) is 22.8 Å². The number of nitrogens with zero attached hydrogens (tertiary/aromatic N) is 4. The number of morpholine rings is 1. The Morgan fingerprint density at radius 1 is 1.00 bits per heavy atom. The molecular formula is C49H67ClN8O11S2. The number of carbonyl (C=O) groups excluding carboxylic acids is 4. The molecule has 8 atom stereocenters. The lowest BCUT2D eigenvalue weighted by atomic mass is 9.85. The summed E-state index contributed by atoms with van der Waals surface area (Å²) in [5.41, 5.74) is -1.90. The van der Waals surface area contributed by atoms with Gasteiger partial charge in [0, 0.05) is 48.9 Å². The Morgan fingerprint density at radius 2 is 1.73 bits per heavy atom. The normalized spacial score (nSPS) is 27.1. The lowest BCUT2D eigenvalue weighted by molar-refractivity contribution is -0.143. The van der Waals surface area contributed by atoms with E-state index < -0.39 is 74.8 Å². The van der Waals surface area contributed by atoms with Gasteiger partial charge < -0.3 is 39.8 Å². The van der Waals surface area contributed by atoms with Crippen molar-refractivity contribution in [1.82, 2.24) is 35.1 Å². The van der Waals surface area contributed by atoms with Crippen LogP contribution < -0.4 is 30.1 Å². The first-order chi connectivity index (χ1) is 33.6. The zero-order valence-corrected chi connectivity index (χ0v) is 43.9. The van der Waals surface area contributed by atoms with Crippen LogP contribution in [0, 0.1) is 23.2 Å². The standard InChI is InChI=1S/C49H67ClN8O11S2/c1-8-30-24-49(30,44(61)56-71(63,64)69-48(7)11-12-48)55-42(59)36-22-32(25-58(36)43(60)41(47(4,5)6)54-46(62)68-31-20-28-19-29(28)21-31)67-38-23-34(35-26-70-45(53-35)51-27(2)3)52-40-33(38)9-10-37(39(40)50)66-18-15-57-13-16-65-17-14-57/h9-10,23,26-32,36,41H,8,11-22,24-25H2,1-7H3,(H,51,53)(H,54,62)(H,55,59)(H,56,61)/t28-,29+,30-,31+,32-,36?,41-,49-/m1/s1. The fourth-order valence-corrected chi connectivity index (χ4v) is 12.4. The fourth-order valence-electron chi connectivity index (χ4n) is 10.2. The Kier molecular flexibility index (Phi) is 14.5. The molecule has 4 saturated carbocycles. The molecule has 6 aliphatic rings. The average Bonchev–Trinajstić information content (AvgIpc) is 4.21. The third-order valence-electron chi connectivity index (χ3n) is 14.6. The monoisotopic (exact) mass is 1040 g/mol. The highest BCUT2D eigenvalue weighted by atomic mass is 35.5. The molecule has 2 saturated heterocycles. The molecular weight excluding hydrogens is 976 g/mol. The van der Waals surface area contributed by atoms with E-state index in [0.717, 1.165) is 32.4 Å². The van der Waals surface area contributed by atoms with E-state index in [-0.39, 0.29) is 36.6 Å². The number of thiazole rings is 1. The number of likely N-dealkylation sites (tertiary alicyclic amines) is 1. The minimum Gasteiger partial charge on any atom is -0.491 e. The Hall–Kier alpha value is -4.54. The highest BCUT2D eigenvalue weighted by Gasteiger charge is 2.62. The van der Waals surface area contributed by atoms with Crippen LogP contribution in [0.3, 0.4) is 0 Å². The smallest absolute Gasteiger partial charge is 0.408 e. The Morgan fingerprint density at radius 3 is 2.39 bits per heavy atom. The van der Waals surface area contributed by atoms with Gasteiger partial charge in [-0.1, -0.05) is 45.7 Å². The van der Waals surface area contributed by atoms with Gasteiger partial charge in [0.2, 0.25) is 11.8 Å². The van der Waals surface area contributed by atoms with Gasteiger partial charge in [0.25, 0.3) is 5.91 Å². The van der Waals surface area contributed by atoms with E-state index in [0.29, 0.717) is 96.4 Å².